The van der Waals surface area contributed by atoms with Crippen LogP contribution in [0.25, 0.3) is 11.0 Å². The minimum absolute atomic E-state index is 0.0301. The summed E-state index contributed by atoms with van der Waals surface area (Å²) < 4.78 is 10.7. The van der Waals surface area contributed by atoms with Gasteiger partial charge in [0.1, 0.15) is 11.3 Å². The number of aryl methyl sites for hydroxylation is 1. The number of carbonyl (C=O) groups excluding carboxylic acids is 2. The van der Waals surface area contributed by atoms with Gasteiger partial charge in [-0.3, -0.25) is 21.3 Å². The molecular weight excluding hydrogens is 380 g/mol. The third kappa shape index (κ3) is 6.23. The van der Waals surface area contributed by atoms with Gasteiger partial charge in [0.2, 0.25) is 0 Å². The van der Waals surface area contributed by atoms with E-state index in [4.69, 9.17) is 20.6 Å². The lowest BCUT2D eigenvalue weighted by atomic mass is 10.1. The van der Waals surface area contributed by atoms with Gasteiger partial charge in [0.25, 0.3) is 5.91 Å². The molecule has 10 nitrogen and oxygen atoms in total. The van der Waals surface area contributed by atoms with Crippen molar-refractivity contribution in [3.05, 3.63) is 40.2 Å². The van der Waals surface area contributed by atoms with Crippen LogP contribution >= 0.6 is 0 Å². The van der Waals surface area contributed by atoms with Crippen LogP contribution in [0.4, 0.5) is 0 Å². The Balaban J connectivity index is 2.01. The Morgan fingerprint density at radius 1 is 1.31 bits per heavy atom. The third-order valence-electron chi connectivity index (χ3n) is 4.20. The number of fused-ring (bicyclic) bond motifs is 1. The minimum Gasteiger partial charge on any atom is -0.548 e. The zero-order chi connectivity index (χ0) is 21.6. The number of hydrogen-bond donors (Lipinski definition) is 4. The van der Waals surface area contributed by atoms with Crippen LogP contribution in [-0.2, 0) is 9.59 Å². The Hall–Kier alpha value is -3.56. The average molecular weight is 404 g/mol. The van der Waals surface area contributed by atoms with Crippen LogP contribution in [0, 0.1) is 6.92 Å². The van der Waals surface area contributed by atoms with Gasteiger partial charge in [-0.05, 0) is 44.4 Å². The maximum Gasteiger partial charge on any atom is 0.338 e. The van der Waals surface area contributed by atoms with Crippen LogP contribution in [0.15, 0.2) is 33.5 Å². The Morgan fingerprint density at radius 2 is 2.03 bits per heavy atom. The van der Waals surface area contributed by atoms with Crippen molar-refractivity contribution >= 4 is 28.8 Å². The van der Waals surface area contributed by atoms with E-state index in [0.717, 1.165) is 10.9 Å². The van der Waals surface area contributed by atoms with Crippen molar-refractivity contribution in [2.45, 2.75) is 38.8 Å². The van der Waals surface area contributed by atoms with Crippen molar-refractivity contribution in [2.75, 3.05) is 6.54 Å². The van der Waals surface area contributed by atoms with Gasteiger partial charge in [-0.2, -0.15) is 0 Å². The van der Waals surface area contributed by atoms with Gasteiger partial charge < -0.3 is 24.4 Å². The van der Waals surface area contributed by atoms with Gasteiger partial charge in [-0.25, -0.2) is 4.79 Å². The van der Waals surface area contributed by atoms with Crippen LogP contribution in [0.2, 0.25) is 0 Å². The fourth-order valence-electron chi connectivity index (χ4n) is 2.71. The summed E-state index contributed by atoms with van der Waals surface area (Å²) >= 11 is 0. The summed E-state index contributed by atoms with van der Waals surface area (Å²) in [5.41, 5.74) is 11.1. The average Bonchev–Trinajstić information content (AvgIpc) is 2.63. The topological polar surface area (TPSA) is 175 Å². The van der Waals surface area contributed by atoms with E-state index in [9.17, 15) is 19.5 Å². The fraction of sp³-hybridized carbons (Fsp3) is 0.368. The highest BCUT2D eigenvalue weighted by Crippen LogP contribution is 2.23. The van der Waals surface area contributed by atoms with E-state index in [1.807, 2.05) is 0 Å². The van der Waals surface area contributed by atoms with Gasteiger partial charge >= 0.3 is 11.6 Å². The van der Waals surface area contributed by atoms with E-state index >= 15 is 0 Å². The van der Waals surface area contributed by atoms with Crippen molar-refractivity contribution in [3.63, 3.8) is 0 Å². The van der Waals surface area contributed by atoms with Crippen molar-refractivity contribution in [2.24, 2.45) is 11.5 Å². The van der Waals surface area contributed by atoms with E-state index in [0.29, 0.717) is 24.3 Å². The number of guanidine groups is 1. The van der Waals surface area contributed by atoms with Crippen molar-refractivity contribution < 1.29 is 28.8 Å². The van der Waals surface area contributed by atoms with Crippen LogP contribution in [0.5, 0.6) is 5.75 Å². The number of ether oxygens (including phenoxy) is 1. The lowest BCUT2D eigenvalue weighted by Crippen LogP contribution is -2.78. The molecule has 2 rings (SSSR count). The van der Waals surface area contributed by atoms with E-state index in [1.54, 1.807) is 19.1 Å². The molecule has 2 aromatic rings. The smallest absolute Gasteiger partial charge is 0.338 e. The molecule has 1 heterocycles. The number of aliphatic carboxylic acids is 1. The van der Waals surface area contributed by atoms with Gasteiger partial charge in [0.15, 0.2) is 6.10 Å². The molecule has 0 aliphatic heterocycles. The maximum absolute atomic E-state index is 12.3. The van der Waals surface area contributed by atoms with Crippen molar-refractivity contribution in [1.29, 1.82) is 0 Å². The highest BCUT2D eigenvalue weighted by molar-refractivity contribution is 5.86. The summed E-state index contributed by atoms with van der Waals surface area (Å²) in [6.45, 7) is 3.62. The minimum atomic E-state index is -1.40. The number of carboxylic acids is 1. The largest absolute Gasteiger partial charge is 0.548 e. The maximum atomic E-state index is 12.3. The summed E-state index contributed by atoms with van der Waals surface area (Å²) in [5.74, 6) is -1.69. The van der Waals surface area contributed by atoms with Gasteiger partial charge in [0, 0.05) is 17.5 Å². The molecule has 0 spiro atoms. The van der Waals surface area contributed by atoms with Gasteiger partial charge in [-0.1, -0.05) is 0 Å². The molecule has 1 aromatic heterocycles. The first-order chi connectivity index (χ1) is 13.7. The summed E-state index contributed by atoms with van der Waals surface area (Å²) in [7, 11) is 0. The lowest BCUT2D eigenvalue weighted by molar-refractivity contribution is -0.459. The summed E-state index contributed by atoms with van der Waals surface area (Å²) in [6.07, 6.45) is -0.465. The molecule has 1 aromatic carbocycles. The number of hydrogen-bond acceptors (Lipinski definition) is 6. The van der Waals surface area contributed by atoms with Gasteiger partial charge in [0.05, 0.1) is 18.6 Å². The first-order valence-corrected chi connectivity index (χ1v) is 9.01. The molecule has 0 unspecified atom stereocenters. The zero-order valence-corrected chi connectivity index (χ0v) is 16.2. The lowest BCUT2D eigenvalue weighted by Gasteiger charge is -2.22. The van der Waals surface area contributed by atoms with Crippen LogP contribution in [0.3, 0.4) is 0 Å². The summed E-state index contributed by atoms with van der Waals surface area (Å²) in [6, 6.07) is 5.04. The first-order valence-electron chi connectivity index (χ1n) is 9.01. The summed E-state index contributed by atoms with van der Waals surface area (Å²) in [5, 5.41) is 14.4. The predicted molar refractivity (Wildman–Crippen MR) is 103 cm³/mol. The second-order valence-electron chi connectivity index (χ2n) is 6.57. The van der Waals surface area contributed by atoms with E-state index in [1.165, 1.54) is 19.1 Å². The number of nitrogens with one attached hydrogen (secondary N) is 2. The number of nitrogens with two attached hydrogens (primary N) is 2. The highest BCUT2D eigenvalue weighted by Gasteiger charge is 2.20. The van der Waals surface area contributed by atoms with Crippen LogP contribution in [-0.4, -0.2) is 36.5 Å². The molecule has 10 heteroatoms. The van der Waals surface area contributed by atoms with E-state index in [-0.39, 0.29) is 12.4 Å². The Morgan fingerprint density at radius 3 is 2.69 bits per heavy atom. The molecule has 0 saturated heterocycles. The zero-order valence-electron chi connectivity index (χ0n) is 16.2. The number of amides is 1. The monoisotopic (exact) mass is 404 g/mol. The van der Waals surface area contributed by atoms with Crippen molar-refractivity contribution in [1.82, 2.24) is 5.32 Å². The predicted octanol–water partition coefficient (Wildman–Crippen LogP) is -2.76. The second kappa shape index (κ2) is 9.58. The van der Waals surface area contributed by atoms with E-state index in [2.05, 4.69) is 10.3 Å². The molecule has 0 radical (unpaired) electrons. The quantitative estimate of drug-likeness (QED) is 0.150. The Labute approximate surface area is 166 Å². The first kappa shape index (κ1) is 21.7. The fourth-order valence-corrected chi connectivity index (χ4v) is 2.71. The normalized spacial score (nSPS) is 12.8. The summed E-state index contributed by atoms with van der Waals surface area (Å²) in [4.78, 5) is 37.8. The molecule has 0 fully saturated rings. The molecule has 156 valence electrons. The highest BCUT2D eigenvalue weighted by atomic mass is 16.5. The number of carboxylic acid groups (broad SMARTS) is 1. The second-order valence-corrected chi connectivity index (χ2v) is 6.57. The SMILES string of the molecule is Cc1cc(=O)oc2cc(O[C@@H](C)C(=O)N[C@@H](CCC[NH+]=C(N)N)C(=O)[O-])ccc12. The van der Waals surface area contributed by atoms with Gasteiger partial charge in [-0.15, -0.1) is 0 Å². The molecule has 6 N–H and O–H groups in total. The molecule has 0 saturated carbocycles. The molecule has 29 heavy (non-hydrogen) atoms. The molecule has 0 bridgehead atoms. The third-order valence-corrected chi connectivity index (χ3v) is 4.20. The standard InChI is InChI=1S/C19H24N4O6/c1-10-8-16(24)29-15-9-12(5-6-13(10)15)28-11(2)17(25)23-14(18(26)27)4-3-7-22-19(20)21/h5-6,8-9,11,14H,3-4,7H2,1-2H3,(H,23,25)(H,26,27)(H4,20,21,22)/t11-,14-/m0/s1. The molecule has 2 atom stereocenters. The molecule has 1 amide bonds. The van der Waals surface area contributed by atoms with Crippen LogP contribution in [0.1, 0.15) is 25.3 Å². The number of benzene rings is 1. The number of rotatable bonds is 9. The van der Waals surface area contributed by atoms with E-state index < -0.39 is 29.6 Å². The Bertz CT molecular complexity index is 980. The van der Waals surface area contributed by atoms with Crippen LogP contribution < -0.4 is 37.2 Å². The molecule has 0 aliphatic carbocycles. The number of carbonyl (C=O) groups is 2. The molecular formula is C19H24N4O6. The Kier molecular flexibility index (Phi) is 7.18. The molecule has 0 aliphatic rings. The van der Waals surface area contributed by atoms with Crippen molar-refractivity contribution in [3.8, 4) is 5.75 Å².